The molecular formula is C25H27N5. The van der Waals surface area contributed by atoms with Crippen LogP contribution in [0.15, 0.2) is 60.9 Å². The fourth-order valence-electron chi connectivity index (χ4n) is 4.39. The molecule has 30 heavy (non-hydrogen) atoms. The van der Waals surface area contributed by atoms with Crippen molar-refractivity contribution in [1.82, 2.24) is 14.6 Å². The molecule has 2 aromatic carbocycles. The third kappa shape index (κ3) is 3.41. The van der Waals surface area contributed by atoms with E-state index in [4.69, 9.17) is 10.1 Å². The van der Waals surface area contributed by atoms with Gasteiger partial charge in [-0.2, -0.15) is 5.10 Å². The molecule has 0 bridgehead atoms. The Hall–Kier alpha value is -3.34. The molecule has 5 heteroatoms. The molecule has 1 fully saturated rings. The number of rotatable bonds is 3. The van der Waals surface area contributed by atoms with Crippen LogP contribution in [-0.4, -0.2) is 40.8 Å². The van der Waals surface area contributed by atoms with Crippen molar-refractivity contribution < 1.29 is 0 Å². The second kappa shape index (κ2) is 7.48. The molecule has 0 amide bonds. The lowest BCUT2D eigenvalue weighted by atomic mass is 10.0. The van der Waals surface area contributed by atoms with E-state index in [0.29, 0.717) is 0 Å². The molecule has 0 unspecified atom stereocenters. The smallest absolute Gasteiger partial charge is 0.154 e. The van der Waals surface area contributed by atoms with Gasteiger partial charge in [-0.1, -0.05) is 35.9 Å². The average molecular weight is 398 g/mol. The highest BCUT2D eigenvalue weighted by molar-refractivity contribution is 5.76. The van der Waals surface area contributed by atoms with E-state index in [9.17, 15) is 0 Å². The van der Waals surface area contributed by atoms with Crippen molar-refractivity contribution in [2.24, 2.45) is 0 Å². The third-order valence-corrected chi connectivity index (χ3v) is 5.97. The number of aryl methyl sites for hydroxylation is 3. The molecule has 0 N–H and O–H groups in total. The summed E-state index contributed by atoms with van der Waals surface area (Å²) in [5, 5.41) is 4.84. The van der Waals surface area contributed by atoms with Crippen molar-refractivity contribution in [2.45, 2.75) is 20.8 Å². The van der Waals surface area contributed by atoms with Gasteiger partial charge in [0.05, 0.1) is 5.69 Å². The summed E-state index contributed by atoms with van der Waals surface area (Å²) >= 11 is 0. The molecule has 0 radical (unpaired) electrons. The molecular weight excluding hydrogens is 370 g/mol. The van der Waals surface area contributed by atoms with Gasteiger partial charge in [0.1, 0.15) is 5.52 Å². The Kier molecular flexibility index (Phi) is 4.66. The van der Waals surface area contributed by atoms with E-state index in [1.54, 1.807) is 0 Å². The van der Waals surface area contributed by atoms with Gasteiger partial charge < -0.3 is 9.80 Å². The van der Waals surface area contributed by atoms with Crippen molar-refractivity contribution >= 4 is 17.0 Å². The monoisotopic (exact) mass is 397 g/mol. The van der Waals surface area contributed by atoms with Gasteiger partial charge in [-0.3, -0.25) is 0 Å². The van der Waals surface area contributed by atoms with Crippen LogP contribution in [0, 0.1) is 20.8 Å². The van der Waals surface area contributed by atoms with Crippen LogP contribution < -0.4 is 9.80 Å². The first-order valence-electron chi connectivity index (χ1n) is 10.6. The first-order chi connectivity index (χ1) is 14.6. The van der Waals surface area contributed by atoms with E-state index in [1.165, 1.54) is 27.9 Å². The maximum absolute atomic E-state index is 4.84. The molecule has 1 saturated heterocycles. The molecule has 2 aromatic heterocycles. The van der Waals surface area contributed by atoms with Crippen LogP contribution >= 0.6 is 0 Å². The SMILES string of the molecule is Cc1cccc(N2CCN(c3nccn4nc(-c5ccc(C)cc5C)cc34)CC2)c1. The summed E-state index contributed by atoms with van der Waals surface area (Å²) in [5.74, 6) is 1.02. The Labute approximate surface area is 177 Å². The molecule has 0 aliphatic carbocycles. The minimum absolute atomic E-state index is 0.949. The Balaban J connectivity index is 1.42. The number of nitrogens with zero attached hydrogens (tertiary/aromatic N) is 5. The molecule has 3 heterocycles. The molecule has 0 spiro atoms. The minimum Gasteiger partial charge on any atom is -0.368 e. The topological polar surface area (TPSA) is 36.7 Å². The second-order valence-corrected chi connectivity index (χ2v) is 8.24. The number of fused-ring (bicyclic) bond motifs is 1. The Morgan fingerprint density at radius 3 is 2.33 bits per heavy atom. The summed E-state index contributed by atoms with van der Waals surface area (Å²) in [7, 11) is 0. The van der Waals surface area contributed by atoms with Gasteiger partial charge in [-0.05, 0) is 50.1 Å². The van der Waals surface area contributed by atoms with Gasteiger partial charge in [-0.25, -0.2) is 9.50 Å². The number of benzene rings is 2. The summed E-state index contributed by atoms with van der Waals surface area (Å²) in [4.78, 5) is 9.58. The van der Waals surface area contributed by atoms with E-state index in [2.05, 4.69) is 79.1 Å². The van der Waals surface area contributed by atoms with Gasteiger partial charge in [0, 0.05) is 49.8 Å². The highest BCUT2D eigenvalue weighted by Gasteiger charge is 2.21. The van der Waals surface area contributed by atoms with Crippen molar-refractivity contribution in [1.29, 1.82) is 0 Å². The van der Waals surface area contributed by atoms with Crippen molar-refractivity contribution in [2.75, 3.05) is 36.0 Å². The lowest BCUT2D eigenvalue weighted by Crippen LogP contribution is -2.47. The van der Waals surface area contributed by atoms with Crippen LogP contribution in [0.3, 0.4) is 0 Å². The predicted molar refractivity (Wildman–Crippen MR) is 124 cm³/mol. The van der Waals surface area contributed by atoms with Crippen LogP contribution in [-0.2, 0) is 0 Å². The minimum atomic E-state index is 0.949. The zero-order chi connectivity index (χ0) is 20.7. The molecule has 0 atom stereocenters. The first-order valence-corrected chi connectivity index (χ1v) is 10.6. The molecule has 5 nitrogen and oxygen atoms in total. The van der Waals surface area contributed by atoms with Crippen LogP contribution in [0.25, 0.3) is 16.8 Å². The fourth-order valence-corrected chi connectivity index (χ4v) is 4.39. The number of aromatic nitrogens is 3. The Morgan fingerprint density at radius 1 is 0.800 bits per heavy atom. The lowest BCUT2D eigenvalue weighted by Gasteiger charge is -2.37. The van der Waals surface area contributed by atoms with Gasteiger partial charge in [-0.15, -0.1) is 0 Å². The zero-order valence-electron chi connectivity index (χ0n) is 17.8. The van der Waals surface area contributed by atoms with E-state index in [0.717, 1.165) is 43.2 Å². The number of hydrogen-bond donors (Lipinski definition) is 0. The fraction of sp³-hybridized carbons (Fsp3) is 0.280. The zero-order valence-corrected chi connectivity index (χ0v) is 17.8. The highest BCUT2D eigenvalue weighted by Crippen LogP contribution is 2.28. The van der Waals surface area contributed by atoms with E-state index < -0.39 is 0 Å². The van der Waals surface area contributed by atoms with E-state index in [1.807, 2.05) is 16.9 Å². The lowest BCUT2D eigenvalue weighted by molar-refractivity contribution is 0.647. The molecule has 5 rings (SSSR count). The number of hydrogen-bond acceptors (Lipinski definition) is 4. The maximum Gasteiger partial charge on any atom is 0.154 e. The standard InChI is InChI=1S/C25H27N5/c1-18-5-4-6-21(16-18)28-11-13-29(14-12-28)25-24-17-23(27-30(24)10-9-26-25)22-8-7-19(2)15-20(22)3/h4-10,15-17H,11-14H2,1-3H3. The second-order valence-electron chi connectivity index (χ2n) is 8.24. The van der Waals surface area contributed by atoms with Crippen LogP contribution in [0.1, 0.15) is 16.7 Å². The Morgan fingerprint density at radius 2 is 1.57 bits per heavy atom. The van der Waals surface area contributed by atoms with Gasteiger partial charge in [0.15, 0.2) is 5.82 Å². The van der Waals surface area contributed by atoms with Crippen LogP contribution in [0.2, 0.25) is 0 Å². The Bertz CT molecular complexity index is 1200. The molecule has 0 saturated carbocycles. The van der Waals surface area contributed by atoms with Crippen LogP contribution in [0.5, 0.6) is 0 Å². The van der Waals surface area contributed by atoms with Crippen LogP contribution in [0.4, 0.5) is 11.5 Å². The van der Waals surface area contributed by atoms with Crippen molar-refractivity contribution in [3.8, 4) is 11.3 Å². The quantitative estimate of drug-likeness (QED) is 0.504. The summed E-state index contributed by atoms with van der Waals surface area (Å²) in [6.45, 7) is 10.3. The molecule has 152 valence electrons. The maximum atomic E-state index is 4.84. The summed E-state index contributed by atoms with van der Waals surface area (Å²) in [5.41, 5.74) is 8.38. The number of piperazine rings is 1. The normalized spacial score (nSPS) is 14.5. The average Bonchev–Trinajstić information content (AvgIpc) is 3.18. The predicted octanol–water partition coefficient (Wildman–Crippen LogP) is 4.65. The third-order valence-electron chi connectivity index (χ3n) is 5.97. The van der Waals surface area contributed by atoms with Gasteiger partial charge in [0.2, 0.25) is 0 Å². The molecule has 4 aromatic rings. The first kappa shape index (κ1) is 18.7. The summed E-state index contributed by atoms with van der Waals surface area (Å²) < 4.78 is 1.96. The van der Waals surface area contributed by atoms with Gasteiger partial charge >= 0.3 is 0 Å². The van der Waals surface area contributed by atoms with E-state index in [-0.39, 0.29) is 0 Å². The summed E-state index contributed by atoms with van der Waals surface area (Å²) in [6.07, 6.45) is 3.79. The molecule has 1 aliphatic rings. The van der Waals surface area contributed by atoms with Gasteiger partial charge in [0.25, 0.3) is 0 Å². The largest absolute Gasteiger partial charge is 0.368 e. The van der Waals surface area contributed by atoms with E-state index >= 15 is 0 Å². The molecule has 1 aliphatic heterocycles. The van der Waals surface area contributed by atoms with Crippen molar-refractivity contribution in [3.63, 3.8) is 0 Å². The number of anilines is 2. The highest BCUT2D eigenvalue weighted by atomic mass is 15.3. The van der Waals surface area contributed by atoms with Crippen molar-refractivity contribution in [3.05, 3.63) is 77.6 Å². The summed E-state index contributed by atoms with van der Waals surface area (Å²) in [6, 6.07) is 17.5.